The Morgan fingerprint density at radius 2 is 1.12 bits per heavy atom. The molecule has 59 heavy (non-hydrogen) atoms. The van der Waals surface area contributed by atoms with Gasteiger partial charge in [0.25, 0.3) is 0 Å². The lowest BCUT2D eigenvalue weighted by molar-refractivity contribution is -0.161. The van der Waals surface area contributed by atoms with Crippen molar-refractivity contribution >= 4 is 25.7 Å². The number of phosphoric acid groups is 1. The van der Waals surface area contributed by atoms with E-state index in [1.165, 1.54) is 57.8 Å². The number of hydrogen-bond acceptors (Lipinski definition) is 10. The Morgan fingerprint density at radius 1 is 0.627 bits per heavy atom. The zero-order valence-electron chi connectivity index (χ0n) is 36.0. The van der Waals surface area contributed by atoms with Crippen molar-refractivity contribution in [3.05, 3.63) is 72.9 Å². The minimum absolute atomic E-state index is 0.0585. The van der Waals surface area contributed by atoms with Crippen molar-refractivity contribution in [2.75, 3.05) is 19.8 Å². The third kappa shape index (κ3) is 34.3. The van der Waals surface area contributed by atoms with E-state index in [0.717, 1.165) is 44.9 Å². The van der Waals surface area contributed by atoms with Crippen LogP contribution in [0.15, 0.2) is 72.9 Å². The molecule has 336 valence electrons. The number of allylic oxidation sites excluding steroid dienone is 11. The summed E-state index contributed by atoms with van der Waals surface area (Å²) in [6.07, 6.45) is 45.6. The van der Waals surface area contributed by atoms with Gasteiger partial charge in [-0.1, -0.05) is 132 Å². The smallest absolute Gasteiger partial charge is 0.472 e. The van der Waals surface area contributed by atoms with E-state index in [-0.39, 0.29) is 25.0 Å². The molecule has 5 atom stereocenters. The summed E-state index contributed by atoms with van der Waals surface area (Å²) < 4.78 is 38.4. The number of rotatable bonds is 39. The molecule has 1 aliphatic heterocycles. The van der Waals surface area contributed by atoms with E-state index in [0.29, 0.717) is 25.7 Å². The molecule has 3 unspecified atom stereocenters. The molecule has 0 amide bonds. The number of epoxide rings is 1. The van der Waals surface area contributed by atoms with Gasteiger partial charge in [-0.2, -0.15) is 0 Å². The number of carbonyl (C=O) groups is 3. The second-order valence-electron chi connectivity index (χ2n) is 14.9. The van der Waals surface area contributed by atoms with Gasteiger partial charge in [0.1, 0.15) is 12.6 Å². The van der Waals surface area contributed by atoms with Crippen molar-refractivity contribution < 1.29 is 52.2 Å². The van der Waals surface area contributed by atoms with Crippen LogP contribution in [0.2, 0.25) is 0 Å². The number of carboxylic acid groups (broad SMARTS) is 1. The summed E-state index contributed by atoms with van der Waals surface area (Å²) in [6, 6.07) is -1.54. The lowest BCUT2D eigenvalue weighted by Crippen LogP contribution is -2.34. The number of nitrogens with two attached hydrogens (primary N) is 1. The van der Waals surface area contributed by atoms with E-state index in [1.54, 1.807) is 0 Å². The minimum Gasteiger partial charge on any atom is -0.480 e. The fraction of sp³-hybridized carbons (Fsp3) is 0.674. The molecule has 0 saturated carbocycles. The molecular formula is C46H76NO11P. The van der Waals surface area contributed by atoms with Gasteiger partial charge < -0.3 is 29.9 Å². The predicted molar refractivity (Wildman–Crippen MR) is 235 cm³/mol. The topological polar surface area (TPSA) is 184 Å². The predicted octanol–water partition coefficient (Wildman–Crippen LogP) is 10.7. The van der Waals surface area contributed by atoms with E-state index < -0.39 is 57.7 Å². The summed E-state index contributed by atoms with van der Waals surface area (Å²) >= 11 is 0. The summed E-state index contributed by atoms with van der Waals surface area (Å²) in [4.78, 5) is 46.1. The van der Waals surface area contributed by atoms with Crippen LogP contribution in [0.5, 0.6) is 0 Å². The first-order valence-electron chi connectivity index (χ1n) is 22.1. The van der Waals surface area contributed by atoms with E-state index in [2.05, 4.69) is 85.2 Å². The van der Waals surface area contributed by atoms with Gasteiger partial charge in [-0.25, -0.2) is 4.57 Å². The van der Waals surface area contributed by atoms with Crippen molar-refractivity contribution in [1.29, 1.82) is 0 Å². The Morgan fingerprint density at radius 3 is 1.73 bits per heavy atom. The van der Waals surface area contributed by atoms with E-state index in [4.69, 9.17) is 29.6 Å². The van der Waals surface area contributed by atoms with E-state index in [9.17, 15) is 23.8 Å². The highest BCUT2D eigenvalue weighted by Gasteiger charge is 2.37. The van der Waals surface area contributed by atoms with Gasteiger partial charge in [0, 0.05) is 12.8 Å². The van der Waals surface area contributed by atoms with Crippen LogP contribution in [0.3, 0.4) is 0 Å². The molecule has 1 rings (SSSR count). The number of unbranched alkanes of at least 4 members (excludes halogenated alkanes) is 10. The standard InChI is InChI=1S/C46H76NO11P/c1-3-5-7-9-11-13-15-17-18-19-20-21-23-25-27-29-31-35-44(48)54-37-40(38-55-59(52,53)56-39-41(47)46(50)51)57-45(49)36-32-34-43-42(58-43)33-30-28-26-24-22-16-14-12-10-8-6-4-2/h12,14,17-18,20-22,24-25,27-28,30,40-43H,3-11,13,15-16,19,23,26,29,31-39,47H2,1-2H3,(H,50,51)(H,52,53)/b14-12-,18-17-,21-20-,24-22-,27-25-,30-28-/t40-,41+,42?,43?/m1/s1. The molecule has 13 heteroatoms. The SMILES string of the molecule is CCCCC/C=C\C/C=C\C/C=C\CC1OC1CCCC(=O)O[C@H](COC(=O)CCC/C=C\C/C=C\C/C=C\CCCCCCCC)COP(=O)(O)OC[C@H](N)C(=O)O. The number of hydrogen-bond donors (Lipinski definition) is 3. The molecule has 1 heterocycles. The molecule has 12 nitrogen and oxygen atoms in total. The Kier molecular flexibility index (Phi) is 33.5. The average Bonchev–Trinajstić information content (AvgIpc) is 3.97. The molecular weight excluding hydrogens is 773 g/mol. The van der Waals surface area contributed by atoms with Gasteiger partial charge in [0.15, 0.2) is 6.10 Å². The van der Waals surface area contributed by atoms with Gasteiger partial charge in [-0.15, -0.1) is 0 Å². The summed E-state index contributed by atoms with van der Waals surface area (Å²) in [7, 11) is -4.76. The molecule has 0 spiro atoms. The summed E-state index contributed by atoms with van der Waals surface area (Å²) in [5.74, 6) is -2.54. The minimum atomic E-state index is -4.76. The lowest BCUT2D eigenvalue weighted by Gasteiger charge is -2.20. The first kappa shape index (κ1) is 53.9. The van der Waals surface area contributed by atoms with Gasteiger partial charge in [0.05, 0.1) is 25.4 Å². The Hall–Kier alpha value is -3.12. The van der Waals surface area contributed by atoms with Crippen LogP contribution in [0.25, 0.3) is 0 Å². The zero-order valence-corrected chi connectivity index (χ0v) is 36.9. The maximum absolute atomic E-state index is 12.7. The fourth-order valence-electron chi connectivity index (χ4n) is 5.75. The highest BCUT2D eigenvalue weighted by molar-refractivity contribution is 7.47. The molecule has 0 aliphatic carbocycles. The third-order valence-corrected chi connectivity index (χ3v) is 10.3. The van der Waals surface area contributed by atoms with Crippen LogP contribution in [0.1, 0.15) is 155 Å². The van der Waals surface area contributed by atoms with Crippen molar-refractivity contribution in [2.45, 2.75) is 179 Å². The van der Waals surface area contributed by atoms with Crippen LogP contribution in [0, 0.1) is 0 Å². The molecule has 1 fully saturated rings. The quantitative estimate of drug-likeness (QED) is 0.0175. The van der Waals surface area contributed by atoms with Gasteiger partial charge in [-0.3, -0.25) is 23.4 Å². The highest BCUT2D eigenvalue weighted by atomic mass is 31.2. The number of carboxylic acids is 1. The monoisotopic (exact) mass is 850 g/mol. The lowest BCUT2D eigenvalue weighted by atomic mass is 10.1. The summed E-state index contributed by atoms with van der Waals surface area (Å²) in [5, 5.41) is 8.90. The molecule has 0 aromatic carbocycles. The maximum atomic E-state index is 12.7. The van der Waals surface area contributed by atoms with Crippen molar-refractivity contribution in [1.82, 2.24) is 0 Å². The zero-order chi connectivity index (χ0) is 43.2. The number of ether oxygens (including phenoxy) is 3. The van der Waals surface area contributed by atoms with Crippen molar-refractivity contribution in [3.8, 4) is 0 Å². The molecule has 0 aromatic heterocycles. The number of carbonyl (C=O) groups excluding carboxylic acids is 2. The normalized spacial score (nSPS) is 17.8. The van der Waals surface area contributed by atoms with Gasteiger partial charge >= 0.3 is 25.7 Å². The van der Waals surface area contributed by atoms with Gasteiger partial charge in [0.2, 0.25) is 0 Å². The fourth-order valence-corrected chi connectivity index (χ4v) is 6.53. The number of esters is 2. The molecule has 4 N–H and O–H groups in total. The van der Waals surface area contributed by atoms with Crippen LogP contribution >= 0.6 is 7.82 Å². The van der Waals surface area contributed by atoms with Crippen molar-refractivity contribution in [3.63, 3.8) is 0 Å². The number of phosphoric ester groups is 1. The van der Waals surface area contributed by atoms with Crippen LogP contribution in [-0.2, 0) is 42.2 Å². The first-order valence-corrected chi connectivity index (χ1v) is 23.6. The maximum Gasteiger partial charge on any atom is 0.472 e. The molecule has 1 aliphatic rings. The van der Waals surface area contributed by atoms with Crippen molar-refractivity contribution in [2.24, 2.45) is 5.73 Å². The first-order chi connectivity index (χ1) is 28.6. The molecule has 0 aromatic rings. The van der Waals surface area contributed by atoms with E-state index in [1.807, 2.05) is 6.08 Å². The highest BCUT2D eigenvalue weighted by Crippen LogP contribution is 2.43. The second kappa shape index (κ2) is 36.7. The van der Waals surface area contributed by atoms with Crippen LogP contribution < -0.4 is 5.73 Å². The molecule has 0 radical (unpaired) electrons. The third-order valence-electron chi connectivity index (χ3n) is 9.35. The Bertz CT molecular complexity index is 1340. The molecule has 0 bridgehead atoms. The second-order valence-corrected chi connectivity index (χ2v) is 16.3. The summed E-state index contributed by atoms with van der Waals surface area (Å²) in [6.45, 7) is 2.63. The molecule has 1 saturated heterocycles. The Labute approximate surface area is 355 Å². The van der Waals surface area contributed by atoms with Crippen LogP contribution in [-0.4, -0.2) is 72.1 Å². The van der Waals surface area contributed by atoms with E-state index >= 15 is 0 Å². The van der Waals surface area contributed by atoms with Gasteiger partial charge in [-0.05, 0) is 83.5 Å². The average molecular weight is 850 g/mol. The summed E-state index contributed by atoms with van der Waals surface area (Å²) in [5.41, 5.74) is 5.33. The Balaban J connectivity index is 2.39. The largest absolute Gasteiger partial charge is 0.480 e. The van der Waals surface area contributed by atoms with Crippen LogP contribution in [0.4, 0.5) is 0 Å². The number of aliphatic carboxylic acids is 1.